The van der Waals surface area contributed by atoms with Gasteiger partial charge in [0.05, 0.1) is 19.3 Å². The van der Waals surface area contributed by atoms with E-state index >= 15 is 0 Å². The van der Waals surface area contributed by atoms with Gasteiger partial charge in [0.25, 0.3) is 0 Å². The summed E-state index contributed by atoms with van der Waals surface area (Å²) in [5, 5.41) is 0. The maximum absolute atomic E-state index is 11.5. The van der Waals surface area contributed by atoms with E-state index in [1.165, 1.54) is 7.11 Å². The van der Waals surface area contributed by atoms with Crippen LogP contribution in [0.5, 0.6) is 0 Å². The van der Waals surface area contributed by atoms with Crippen molar-refractivity contribution in [2.24, 2.45) is 0 Å². The van der Waals surface area contributed by atoms with Crippen LogP contribution in [0.15, 0.2) is 24.3 Å². The van der Waals surface area contributed by atoms with E-state index in [1.54, 1.807) is 12.1 Å². The Morgan fingerprint density at radius 1 is 1.39 bits per heavy atom. The van der Waals surface area contributed by atoms with Gasteiger partial charge in [0.1, 0.15) is 0 Å². The van der Waals surface area contributed by atoms with Crippen LogP contribution in [0.3, 0.4) is 0 Å². The fraction of sp³-hybridized carbons (Fsp3) is 0.417. The van der Waals surface area contributed by atoms with Crippen LogP contribution in [0, 0.1) is 6.07 Å². The highest BCUT2D eigenvalue weighted by Crippen LogP contribution is 1.99. The number of rotatable bonds is 7. The Morgan fingerprint density at radius 2 is 2.06 bits per heavy atom. The molecule has 0 aromatic heterocycles. The highest BCUT2D eigenvalue weighted by molar-refractivity contribution is 7.89. The first kappa shape index (κ1) is 14.7. The Balaban J connectivity index is 2.31. The van der Waals surface area contributed by atoms with E-state index < -0.39 is 16.0 Å². The summed E-state index contributed by atoms with van der Waals surface area (Å²) in [6.45, 7) is 0.313. The second-order valence-corrected chi connectivity index (χ2v) is 5.62. The third-order valence-electron chi connectivity index (χ3n) is 2.33. The van der Waals surface area contributed by atoms with Gasteiger partial charge < -0.3 is 4.74 Å². The molecule has 0 heterocycles. The average molecular weight is 270 g/mol. The van der Waals surface area contributed by atoms with Crippen LogP contribution in [0.25, 0.3) is 0 Å². The number of sulfonamides is 1. The summed E-state index contributed by atoms with van der Waals surface area (Å²) < 4.78 is 29.9. The Kier molecular flexibility index (Phi) is 5.80. The summed E-state index contributed by atoms with van der Waals surface area (Å²) in [6, 6.07) is 10.2. The van der Waals surface area contributed by atoms with Crippen molar-refractivity contribution in [2.75, 3.05) is 19.4 Å². The molecule has 0 aliphatic rings. The Morgan fingerprint density at radius 3 is 2.67 bits per heavy atom. The number of ether oxygens (including phenoxy) is 1. The van der Waals surface area contributed by atoms with Gasteiger partial charge in [-0.15, -0.1) is 0 Å². The second kappa shape index (κ2) is 7.13. The molecule has 1 rings (SSSR count). The molecular weight excluding hydrogens is 254 g/mol. The normalized spacial score (nSPS) is 11.2. The summed E-state index contributed by atoms with van der Waals surface area (Å²) in [5.74, 6) is -0.777. The van der Waals surface area contributed by atoms with Crippen LogP contribution in [0.4, 0.5) is 0 Å². The molecule has 0 bridgehead atoms. The van der Waals surface area contributed by atoms with E-state index in [1.807, 2.05) is 12.1 Å². The Bertz CT molecular complexity index is 470. The number of esters is 1. The molecule has 0 spiro atoms. The standard InChI is InChI=1S/C12H16NO4S/c1-17-12(14)8-10-18(15,16)13-9-7-11-5-3-2-4-6-11/h3-6,13H,7-10H2,1H3. The van der Waals surface area contributed by atoms with Crippen LogP contribution in [-0.2, 0) is 26.0 Å². The van der Waals surface area contributed by atoms with Gasteiger partial charge in [-0.3, -0.25) is 4.79 Å². The summed E-state index contributed by atoms with van der Waals surface area (Å²) in [7, 11) is -2.18. The highest BCUT2D eigenvalue weighted by Gasteiger charge is 2.12. The van der Waals surface area contributed by atoms with Gasteiger partial charge >= 0.3 is 5.97 Å². The number of hydrogen-bond donors (Lipinski definition) is 1. The van der Waals surface area contributed by atoms with Crippen molar-refractivity contribution in [3.8, 4) is 0 Å². The van der Waals surface area contributed by atoms with E-state index in [0.717, 1.165) is 5.56 Å². The summed E-state index contributed by atoms with van der Waals surface area (Å²) in [6.07, 6.45) is 0.471. The molecule has 1 aromatic carbocycles. The summed E-state index contributed by atoms with van der Waals surface area (Å²) in [4.78, 5) is 10.8. The SMILES string of the molecule is COC(=O)CCS(=O)(=O)NCCc1cc[c]cc1. The smallest absolute Gasteiger partial charge is 0.306 e. The lowest BCUT2D eigenvalue weighted by atomic mass is 10.2. The zero-order valence-electron chi connectivity index (χ0n) is 10.2. The molecular formula is C12H16NO4S. The molecule has 0 amide bonds. The number of benzene rings is 1. The molecule has 0 saturated carbocycles. The lowest BCUT2D eigenvalue weighted by Crippen LogP contribution is -2.29. The molecule has 0 atom stereocenters. The van der Waals surface area contributed by atoms with E-state index in [-0.39, 0.29) is 12.2 Å². The molecule has 1 radical (unpaired) electrons. The molecule has 0 saturated heterocycles. The highest BCUT2D eigenvalue weighted by atomic mass is 32.2. The quantitative estimate of drug-likeness (QED) is 0.733. The predicted molar refractivity (Wildman–Crippen MR) is 67.4 cm³/mol. The first-order valence-electron chi connectivity index (χ1n) is 5.52. The maximum Gasteiger partial charge on any atom is 0.306 e. The van der Waals surface area contributed by atoms with Crippen molar-refractivity contribution >= 4 is 16.0 Å². The fourth-order valence-corrected chi connectivity index (χ4v) is 2.32. The molecule has 99 valence electrons. The maximum atomic E-state index is 11.5. The molecule has 5 nitrogen and oxygen atoms in total. The summed E-state index contributed by atoms with van der Waals surface area (Å²) in [5.41, 5.74) is 1.03. The summed E-state index contributed by atoms with van der Waals surface area (Å²) >= 11 is 0. The first-order valence-corrected chi connectivity index (χ1v) is 7.18. The number of methoxy groups -OCH3 is 1. The topological polar surface area (TPSA) is 72.5 Å². The second-order valence-electron chi connectivity index (χ2n) is 3.70. The number of carbonyl (C=O) groups is 1. The van der Waals surface area contributed by atoms with Crippen LogP contribution in [0.2, 0.25) is 0 Å². The lowest BCUT2D eigenvalue weighted by Gasteiger charge is -2.06. The zero-order valence-corrected chi connectivity index (χ0v) is 11.0. The van der Waals surface area contributed by atoms with Gasteiger partial charge in [-0.05, 0) is 18.1 Å². The van der Waals surface area contributed by atoms with Crippen molar-refractivity contribution in [1.29, 1.82) is 0 Å². The molecule has 18 heavy (non-hydrogen) atoms. The molecule has 0 aliphatic heterocycles. The van der Waals surface area contributed by atoms with Crippen molar-refractivity contribution < 1.29 is 17.9 Å². The van der Waals surface area contributed by atoms with Crippen molar-refractivity contribution in [1.82, 2.24) is 4.72 Å². The van der Waals surface area contributed by atoms with Gasteiger partial charge in [-0.2, -0.15) is 0 Å². The largest absolute Gasteiger partial charge is 0.469 e. The predicted octanol–water partition coefficient (Wildman–Crippen LogP) is 0.512. The van der Waals surface area contributed by atoms with Gasteiger partial charge in [0.15, 0.2) is 0 Å². The monoisotopic (exact) mass is 270 g/mol. The van der Waals surface area contributed by atoms with Crippen LogP contribution >= 0.6 is 0 Å². The minimum absolute atomic E-state index is 0.133. The molecule has 6 heteroatoms. The van der Waals surface area contributed by atoms with Crippen LogP contribution < -0.4 is 4.72 Å². The van der Waals surface area contributed by atoms with Crippen molar-refractivity contribution in [2.45, 2.75) is 12.8 Å². The molecule has 1 aromatic rings. The Hall–Kier alpha value is -1.40. The third-order valence-corrected chi connectivity index (χ3v) is 3.71. The fourth-order valence-electron chi connectivity index (χ4n) is 1.33. The minimum Gasteiger partial charge on any atom is -0.469 e. The van der Waals surface area contributed by atoms with Gasteiger partial charge in [-0.1, -0.05) is 24.3 Å². The Labute approximate surface area is 107 Å². The number of hydrogen-bond acceptors (Lipinski definition) is 4. The van der Waals surface area contributed by atoms with E-state index in [9.17, 15) is 13.2 Å². The van der Waals surface area contributed by atoms with E-state index in [4.69, 9.17) is 0 Å². The van der Waals surface area contributed by atoms with Crippen molar-refractivity contribution in [3.63, 3.8) is 0 Å². The van der Waals surface area contributed by atoms with Gasteiger partial charge in [0.2, 0.25) is 10.0 Å². The van der Waals surface area contributed by atoms with Crippen molar-refractivity contribution in [3.05, 3.63) is 35.9 Å². The first-order chi connectivity index (χ1) is 8.53. The lowest BCUT2D eigenvalue weighted by molar-refractivity contribution is -0.140. The molecule has 0 fully saturated rings. The average Bonchev–Trinajstić information content (AvgIpc) is 2.37. The van der Waals surface area contributed by atoms with Gasteiger partial charge in [0, 0.05) is 6.54 Å². The number of nitrogens with one attached hydrogen (secondary N) is 1. The van der Waals surface area contributed by atoms with Crippen LogP contribution in [-0.4, -0.2) is 33.8 Å². The molecule has 0 aliphatic carbocycles. The molecule has 1 N–H and O–H groups in total. The van der Waals surface area contributed by atoms with E-state index in [0.29, 0.717) is 13.0 Å². The van der Waals surface area contributed by atoms with Gasteiger partial charge in [-0.25, -0.2) is 13.1 Å². The molecule has 0 unspecified atom stereocenters. The third kappa shape index (κ3) is 5.79. The van der Waals surface area contributed by atoms with Crippen LogP contribution in [0.1, 0.15) is 12.0 Å². The zero-order chi connectivity index (χ0) is 13.4. The minimum atomic E-state index is -3.42. The van der Waals surface area contributed by atoms with E-state index in [2.05, 4.69) is 15.5 Å². The number of carbonyl (C=O) groups excluding carboxylic acids is 1.